The van der Waals surface area contributed by atoms with Crippen molar-refractivity contribution >= 4 is 43.7 Å². The van der Waals surface area contributed by atoms with Crippen LogP contribution in [0.4, 0.5) is 0 Å². The van der Waals surface area contributed by atoms with Gasteiger partial charge in [-0.15, -0.1) is 0 Å². The highest BCUT2D eigenvalue weighted by Crippen LogP contribution is 2.41. The average molecular weight is 871 g/mol. The van der Waals surface area contributed by atoms with Gasteiger partial charge >= 0.3 is 0 Å². The maximum atomic E-state index is 6.56. The average Bonchev–Trinajstić information content (AvgIpc) is 3.97. The fourth-order valence-corrected chi connectivity index (χ4v) is 9.43. The topological polar surface area (TPSA) is 82.5 Å². The van der Waals surface area contributed by atoms with E-state index in [0.717, 1.165) is 105 Å². The standard InChI is InChI=1S/C61H38N6O/c1-5-17-39(18-6-1)51-38-52(40-19-7-2-8-20-40)63-61(62-51)67-53-29-14-13-27-48(53)49-36-43(31-33-54(49)67)44-32-34-55-50(37-44)57-47(28-16-30-56(57)68-55)45-25-15-26-46(35-45)60-65-58(41-21-9-3-10-22-41)64-59(66-60)42-23-11-4-12-24-42/h1-38H. The molecule has 0 spiro atoms. The summed E-state index contributed by atoms with van der Waals surface area (Å²) in [6, 6.07) is 79.3. The van der Waals surface area contributed by atoms with Crippen molar-refractivity contribution in [3.05, 3.63) is 231 Å². The van der Waals surface area contributed by atoms with E-state index in [1.165, 1.54) is 0 Å². The van der Waals surface area contributed by atoms with Crippen LogP contribution in [0, 0.1) is 0 Å². The van der Waals surface area contributed by atoms with Crippen molar-refractivity contribution in [2.24, 2.45) is 0 Å². The maximum absolute atomic E-state index is 6.56. The van der Waals surface area contributed by atoms with Crippen LogP contribution in [-0.4, -0.2) is 29.5 Å². The molecule has 0 radical (unpaired) electrons. The fraction of sp³-hybridized carbons (Fsp3) is 0. The summed E-state index contributed by atoms with van der Waals surface area (Å²) in [4.78, 5) is 25.4. The molecule has 9 aromatic carbocycles. The third-order valence-electron chi connectivity index (χ3n) is 12.7. The Labute approximate surface area is 391 Å². The largest absolute Gasteiger partial charge is 0.456 e. The Bertz CT molecular complexity index is 3900. The first-order chi connectivity index (χ1) is 33.7. The van der Waals surface area contributed by atoms with Crippen LogP contribution in [0.25, 0.3) is 129 Å². The van der Waals surface area contributed by atoms with Crippen LogP contribution in [0.2, 0.25) is 0 Å². The lowest BCUT2D eigenvalue weighted by atomic mass is 9.96. The van der Waals surface area contributed by atoms with E-state index in [1.54, 1.807) is 0 Å². The Kier molecular flexibility index (Phi) is 9.35. The zero-order chi connectivity index (χ0) is 45.0. The highest BCUT2D eigenvalue weighted by molar-refractivity contribution is 6.14. The molecule has 4 heterocycles. The van der Waals surface area contributed by atoms with Gasteiger partial charge in [0, 0.05) is 49.4 Å². The molecule has 4 aromatic heterocycles. The van der Waals surface area contributed by atoms with Crippen LogP contribution in [-0.2, 0) is 0 Å². The Morgan fingerprint density at radius 3 is 1.44 bits per heavy atom. The second-order valence-corrected chi connectivity index (χ2v) is 16.9. The van der Waals surface area contributed by atoms with Crippen LogP contribution in [0.1, 0.15) is 0 Å². The molecule has 318 valence electrons. The van der Waals surface area contributed by atoms with Crippen molar-refractivity contribution in [3.8, 4) is 84.9 Å². The zero-order valence-corrected chi connectivity index (χ0v) is 36.5. The molecule has 0 atom stereocenters. The van der Waals surface area contributed by atoms with E-state index in [9.17, 15) is 0 Å². The molecule has 0 fully saturated rings. The monoisotopic (exact) mass is 870 g/mol. The van der Waals surface area contributed by atoms with Gasteiger partial charge in [-0.1, -0.05) is 182 Å². The van der Waals surface area contributed by atoms with Crippen LogP contribution in [0.15, 0.2) is 235 Å². The molecule has 0 unspecified atom stereocenters. The van der Waals surface area contributed by atoms with E-state index in [1.807, 2.05) is 103 Å². The minimum absolute atomic E-state index is 0.606. The van der Waals surface area contributed by atoms with Gasteiger partial charge in [-0.3, -0.25) is 4.57 Å². The lowest BCUT2D eigenvalue weighted by molar-refractivity contribution is 0.669. The molecule has 0 aliphatic rings. The van der Waals surface area contributed by atoms with E-state index in [0.29, 0.717) is 23.4 Å². The zero-order valence-electron chi connectivity index (χ0n) is 36.5. The van der Waals surface area contributed by atoms with Crippen LogP contribution in [0.5, 0.6) is 0 Å². The summed E-state index contributed by atoms with van der Waals surface area (Å²) in [5, 5.41) is 4.33. The lowest BCUT2D eigenvalue weighted by Crippen LogP contribution is -2.03. The molecule has 13 aromatic rings. The Morgan fingerprint density at radius 1 is 0.294 bits per heavy atom. The lowest BCUT2D eigenvalue weighted by Gasteiger charge is -2.12. The van der Waals surface area contributed by atoms with E-state index in [4.69, 9.17) is 29.3 Å². The predicted octanol–water partition coefficient (Wildman–Crippen LogP) is 15.3. The quantitative estimate of drug-likeness (QED) is 0.151. The minimum atomic E-state index is 0.606. The molecule has 0 aliphatic heterocycles. The molecule has 0 saturated carbocycles. The molecule has 7 heteroatoms. The van der Waals surface area contributed by atoms with Gasteiger partial charge in [0.1, 0.15) is 11.2 Å². The minimum Gasteiger partial charge on any atom is -0.456 e. The first-order valence-electron chi connectivity index (χ1n) is 22.7. The van der Waals surface area contributed by atoms with E-state index < -0.39 is 0 Å². The number of hydrogen-bond acceptors (Lipinski definition) is 6. The second-order valence-electron chi connectivity index (χ2n) is 16.9. The Balaban J connectivity index is 0.926. The molecule has 0 N–H and O–H groups in total. The third-order valence-corrected chi connectivity index (χ3v) is 12.7. The van der Waals surface area contributed by atoms with Crippen LogP contribution in [0.3, 0.4) is 0 Å². The maximum Gasteiger partial charge on any atom is 0.235 e. The molecule has 7 nitrogen and oxygen atoms in total. The number of fused-ring (bicyclic) bond motifs is 6. The van der Waals surface area contributed by atoms with Gasteiger partial charge < -0.3 is 4.42 Å². The van der Waals surface area contributed by atoms with Crippen molar-refractivity contribution in [3.63, 3.8) is 0 Å². The highest BCUT2D eigenvalue weighted by Gasteiger charge is 2.20. The van der Waals surface area contributed by atoms with Gasteiger partial charge in [0.05, 0.1) is 22.4 Å². The summed E-state index contributed by atoms with van der Waals surface area (Å²) < 4.78 is 8.76. The van der Waals surface area contributed by atoms with Crippen molar-refractivity contribution in [2.75, 3.05) is 0 Å². The number of aromatic nitrogens is 6. The van der Waals surface area contributed by atoms with Crippen molar-refractivity contribution in [1.82, 2.24) is 29.5 Å². The molecule has 0 saturated heterocycles. The van der Waals surface area contributed by atoms with Crippen molar-refractivity contribution in [1.29, 1.82) is 0 Å². The number of hydrogen-bond donors (Lipinski definition) is 0. The van der Waals surface area contributed by atoms with Crippen LogP contribution >= 0.6 is 0 Å². The first-order valence-corrected chi connectivity index (χ1v) is 22.7. The summed E-state index contributed by atoms with van der Waals surface area (Å²) in [6.45, 7) is 0. The number of rotatable bonds is 8. The van der Waals surface area contributed by atoms with Crippen LogP contribution < -0.4 is 0 Å². The molecule has 13 rings (SSSR count). The van der Waals surface area contributed by atoms with E-state index >= 15 is 0 Å². The summed E-state index contributed by atoms with van der Waals surface area (Å²) in [7, 11) is 0. The van der Waals surface area contributed by atoms with E-state index in [2.05, 4.69) is 132 Å². The summed E-state index contributed by atoms with van der Waals surface area (Å²) in [5.41, 5.74) is 14.5. The second kappa shape index (κ2) is 16.3. The Hall–Kier alpha value is -9.33. The SMILES string of the molecule is c1ccc(-c2cc(-c3ccccc3)nc(-n3c4ccccc4c4cc(-c5ccc6oc7cccc(-c8cccc(-c9nc(-c%10ccccc%10)nc(-c%10ccccc%10)n9)c8)c7c6c5)ccc43)n2)cc1. The van der Waals surface area contributed by atoms with Crippen molar-refractivity contribution < 1.29 is 4.42 Å². The molecule has 68 heavy (non-hydrogen) atoms. The molecular formula is C61H38N6O. The smallest absolute Gasteiger partial charge is 0.235 e. The first kappa shape index (κ1) is 39.1. The Morgan fingerprint density at radius 2 is 0.794 bits per heavy atom. The number of furan rings is 1. The van der Waals surface area contributed by atoms with Gasteiger partial charge in [0.15, 0.2) is 17.5 Å². The summed E-state index contributed by atoms with van der Waals surface area (Å²) >= 11 is 0. The van der Waals surface area contributed by atoms with Gasteiger partial charge in [-0.05, 0) is 70.8 Å². The predicted molar refractivity (Wildman–Crippen MR) is 275 cm³/mol. The number of nitrogens with zero attached hydrogens (tertiary/aromatic N) is 6. The van der Waals surface area contributed by atoms with Crippen molar-refractivity contribution in [2.45, 2.75) is 0 Å². The third kappa shape index (κ3) is 6.89. The van der Waals surface area contributed by atoms with Gasteiger partial charge in [-0.2, -0.15) is 0 Å². The van der Waals surface area contributed by atoms with Gasteiger partial charge in [0.2, 0.25) is 5.95 Å². The highest BCUT2D eigenvalue weighted by atomic mass is 16.3. The molecule has 0 aliphatic carbocycles. The van der Waals surface area contributed by atoms with Gasteiger partial charge in [0.25, 0.3) is 0 Å². The fourth-order valence-electron chi connectivity index (χ4n) is 9.43. The number of benzene rings is 9. The molecule has 0 bridgehead atoms. The summed E-state index contributed by atoms with van der Waals surface area (Å²) in [5.74, 6) is 2.48. The summed E-state index contributed by atoms with van der Waals surface area (Å²) in [6.07, 6.45) is 0. The molecule has 0 amide bonds. The van der Waals surface area contributed by atoms with E-state index in [-0.39, 0.29) is 0 Å². The normalized spacial score (nSPS) is 11.5. The molecular weight excluding hydrogens is 833 g/mol. The van der Waals surface area contributed by atoms with Gasteiger partial charge in [-0.25, -0.2) is 24.9 Å². The number of para-hydroxylation sites is 1.